The molecule has 14 heavy (non-hydrogen) atoms. The van der Waals surface area contributed by atoms with Crippen LogP contribution in [0, 0.1) is 11.7 Å². The van der Waals surface area contributed by atoms with Crippen molar-refractivity contribution in [2.45, 2.75) is 12.8 Å². The average Bonchev–Trinajstić information content (AvgIpc) is 2.20. The van der Waals surface area contributed by atoms with Gasteiger partial charge < -0.3 is 0 Å². The van der Waals surface area contributed by atoms with E-state index in [4.69, 9.17) is 11.6 Å². The smallest absolute Gasteiger partial charge is 0.159 e. The van der Waals surface area contributed by atoms with E-state index in [0.29, 0.717) is 10.0 Å². The van der Waals surface area contributed by atoms with Crippen LogP contribution < -0.4 is 0 Å². The Labute approximate surface area is 95.4 Å². The van der Waals surface area contributed by atoms with Crippen LogP contribution in [0.3, 0.4) is 0 Å². The van der Waals surface area contributed by atoms with E-state index in [1.807, 2.05) is 0 Å². The van der Waals surface area contributed by atoms with Gasteiger partial charge in [-0.1, -0.05) is 19.1 Å². The van der Waals surface area contributed by atoms with E-state index >= 15 is 0 Å². The molecule has 1 aromatic rings. The van der Waals surface area contributed by atoms with Crippen molar-refractivity contribution < 1.29 is 9.18 Å². The van der Waals surface area contributed by atoms with Crippen molar-refractivity contribution in [3.63, 3.8) is 0 Å². The molecule has 4 heteroatoms. The van der Waals surface area contributed by atoms with Crippen LogP contribution >= 0.6 is 27.5 Å². The largest absolute Gasteiger partial charge is 0.297 e. The summed E-state index contributed by atoms with van der Waals surface area (Å²) in [5.74, 6) is -0.328. The Morgan fingerprint density at radius 2 is 2.29 bits per heavy atom. The number of carbonyl (C=O) groups is 1. The molecule has 0 saturated carbocycles. The third kappa shape index (κ3) is 2.34. The maximum Gasteiger partial charge on any atom is 0.159 e. The lowest BCUT2D eigenvalue weighted by Crippen LogP contribution is -2.09. The molecule has 0 bridgehead atoms. The summed E-state index contributed by atoms with van der Waals surface area (Å²) in [6, 6.07) is 4.84. The Kier molecular flexibility index (Phi) is 4.08. The minimum Gasteiger partial charge on any atom is -0.297 e. The summed E-state index contributed by atoms with van der Waals surface area (Å²) >= 11 is 8.34. The molecule has 1 radical (unpaired) electrons. The molecule has 0 spiro atoms. The number of benzene rings is 1. The van der Waals surface area contributed by atoms with Crippen molar-refractivity contribution in [2.24, 2.45) is 0 Å². The minimum atomic E-state index is -0.551. The van der Waals surface area contributed by atoms with Gasteiger partial charge in [-0.2, -0.15) is 0 Å². The lowest BCUT2D eigenvalue weighted by Gasteiger charge is -2.10. The van der Waals surface area contributed by atoms with Crippen LogP contribution in [0.25, 0.3) is 0 Å². The molecular weight excluding hydrogens is 270 g/mol. The van der Waals surface area contributed by atoms with E-state index in [1.165, 1.54) is 0 Å². The first-order valence-electron chi connectivity index (χ1n) is 3.99. The molecule has 0 aromatic heterocycles. The fourth-order valence-corrected chi connectivity index (χ4v) is 1.67. The van der Waals surface area contributed by atoms with Crippen LogP contribution in [0.1, 0.15) is 18.4 Å². The third-order valence-electron chi connectivity index (χ3n) is 1.98. The summed E-state index contributed by atoms with van der Waals surface area (Å²) < 4.78 is 13.8. The Hall–Kier alpha value is -0.410. The van der Waals surface area contributed by atoms with Crippen LogP contribution in [0.5, 0.6) is 0 Å². The first-order valence-corrected chi connectivity index (χ1v) is 5.22. The highest BCUT2D eigenvalue weighted by molar-refractivity contribution is 9.10. The highest BCUT2D eigenvalue weighted by Gasteiger charge is 2.19. The van der Waals surface area contributed by atoms with Gasteiger partial charge >= 0.3 is 0 Å². The number of Topliss-reactive ketones (excluding diaryl/α,β-unsaturated/α-hetero) is 1. The van der Waals surface area contributed by atoms with Crippen LogP contribution in [-0.2, 0) is 4.79 Å². The zero-order chi connectivity index (χ0) is 10.7. The Morgan fingerprint density at radius 3 is 2.86 bits per heavy atom. The normalized spacial score (nSPS) is 12.6. The van der Waals surface area contributed by atoms with Gasteiger partial charge in [0, 0.05) is 5.92 Å². The average molecular weight is 279 g/mol. The lowest BCUT2D eigenvalue weighted by atomic mass is 9.97. The van der Waals surface area contributed by atoms with Crippen LogP contribution in [0.15, 0.2) is 22.7 Å². The van der Waals surface area contributed by atoms with Gasteiger partial charge in [0.15, 0.2) is 5.78 Å². The standard InChI is InChI=1S/C10H8BrClFO/c1-6(9(14)5-12)7-3-2-4-8(11)10(7)13/h2-6H,1H3. The Morgan fingerprint density at radius 1 is 1.64 bits per heavy atom. The molecule has 0 N–H and O–H groups in total. The Balaban J connectivity index is 3.07. The number of halogens is 3. The first kappa shape index (κ1) is 11.7. The van der Waals surface area contributed by atoms with E-state index in [1.54, 1.807) is 25.1 Å². The van der Waals surface area contributed by atoms with Gasteiger partial charge in [0.25, 0.3) is 0 Å². The monoisotopic (exact) mass is 277 g/mol. The van der Waals surface area contributed by atoms with Gasteiger partial charge in [0.2, 0.25) is 0 Å². The summed E-state index contributed by atoms with van der Waals surface area (Å²) in [6.45, 7) is 1.62. The fourth-order valence-electron chi connectivity index (χ4n) is 1.10. The van der Waals surface area contributed by atoms with Crippen LogP contribution in [-0.4, -0.2) is 5.78 Å². The molecular formula is C10H8BrClFO. The zero-order valence-corrected chi connectivity index (χ0v) is 9.77. The molecule has 0 aliphatic rings. The van der Waals surface area contributed by atoms with Crippen molar-refractivity contribution in [2.75, 3.05) is 0 Å². The molecule has 1 atom stereocenters. The van der Waals surface area contributed by atoms with Gasteiger partial charge in [-0.25, -0.2) is 4.39 Å². The predicted molar refractivity (Wildman–Crippen MR) is 57.7 cm³/mol. The summed E-state index contributed by atoms with van der Waals surface area (Å²) in [5.41, 5.74) is 0.348. The molecule has 75 valence electrons. The first-order chi connectivity index (χ1) is 6.57. The van der Waals surface area contributed by atoms with Crippen molar-refractivity contribution in [1.29, 1.82) is 0 Å². The molecule has 0 fully saturated rings. The highest BCUT2D eigenvalue weighted by atomic mass is 79.9. The fraction of sp³-hybridized carbons (Fsp3) is 0.200. The van der Waals surface area contributed by atoms with E-state index in [2.05, 4.69) is 15.9 Å². The second-order valence-corrected chi connectivity index (χ2v) is 3.95. The summed E-state index contributed by atoms with van der Waals surface area (Å²) in [6.07, 6.45) is 0. The molecule has 0 amide bonds. The summed E-state index contributed by atoms with van der Waals surface area (Å²) in [7, 11) is 0. The number of hydrogen-bond donors (Lipinski definition) is 0. The molecule has 0 saturated heterocycles. The van der Waals surface area contributed by atoms with Gasteiger partial charge in [0.1, 0.15) is 11.7 Å². The second kappa shape index (κ2) is 4.89. The molecule has 1 nitrogen and oxygen atoms in total. The lowest BCUT2D eigenvalue weighted by molar-refractivity contribution is -0.116. The molecule has 1 unspecified atom stereocenters. The van der Waals surface area contributed by atoms with Crippen molar-refractivity contribution in [1.82, 2.24) is 0 Å². The number of hydrogen-bond acceptors (Lipinski definition) is 1. The topological polar surface area (TPSA) is 17.1 Å². The minimum absolute atomic E-state index is 0.302. The maximum atomic E-state index is 13.5. The van der Waals surface area contributed by atoms with E-state index < -0.39 is 11.7 Å². The van der Waals surface area contributed by atoms with Gasteiger partial charge in [0.05, 0.1) is 4.47 Å². The second-order valence-electron chi connectivity index (χ2n) is 2.88. The molecule has 1 rings (SSSR count). The van der Waals surface area contributed by atoms with Gasteiger partial charge in [-0.15, -0.1) is 11.6 Å². The quantitative estimate of drug-likeness (QED) is 0.824. The van der Waals surface area contributed by atoms with E-state index in [9.17, 15) is 9.18 Å². The molecule has 0 aliphatic carbocycles. The highest BCUT2D eigenvalue weighted by Crippen LogP contribution is 2.26. The maximum absolute atomic E-state index is 13.5. The number of ketones is 1. The van der Waals surface area contributed by atoms with E-state index in [0.717, 1.165) is 5.88 Å². The molecule has 0 heterocycles. The van der Waals surface area contributed by atoms with E-state index in [-0.39, 0.29) is 5.78 Å². The third-order valence-corrected chi connectivity index (χ3v) is 2.81. The zero-order valence-electron chi connectivity index (χ0n) is 7.43. The van der Waals surface area contributed by atoms with Crippen LogP contribution in [0.2, 0.25) is 0 Å². The van der Waals surface area contributed by atoms with Gasteiger partial charge in [-0.3, -0.25) is 4.79 Å². The predicted octanol–water partition coefficient (Wildman–Crippen LogP) is 3.66. The summed E-state index contributed by atoms with van der Waals surface area (Å²) in [5, 5.41) is 0. The summed E-state index contributed by atoms with van der Waals surface area (Å²) in [4.78, 5) is 11.2. The van der Waals surface area contributed by atoms with Crippen molar-refractivity contribution in [3.8, 4) is 0 Å². The van der Waals surface area contributed by atoms with Crippen molar-refractivity contribution >= 4 is 33.3 Å². The van der Waals surface area contributed by atoms with Crippen molar-refractivity contribution in [3.05, 3.63) is 39.9 Å². The molecule has 0 aliphatic heterocycles. The molecule has 1 aromatic carbocycles. The SMILES string of the molecule is CC(C(=O)[CH]Cl)c1cccc(Br)c1F. The number of rotatable bonds is 3. The van der Waals surface area contributed by atoms with Crippen LogP contribution in [0.4, 0.5) is 4.39 Å². The number of carbonyl (C=O) groups excluding carboxylic acids is 1. The Bertz CT molecular complexity index is 354. The van der Waals surface area contributed by atoms with Gasteiger partial charge in [-0.05, 0) is 27.6 Å².